The van der Waals surface area contributed by atoms with E-state index < -0.39 is 11.8 Å². The first kappa shape index (κ1) is 15.6. The predicted octanol–water partition coefficient (Wildman–Crippen LogP) is 1.14. The van der Waals surface area contributed by atoms with Gasteiger partial charge in [0.05, 0.1) is 16.3 Å². The van der Waals surface area contributed by atoms with Crippen molar-refractivity contribution < 1.29 is 9.59 Å². The Kier molecular flexibility index (Phi) is 4.39. The van der Waals surface area contributed by atoms with E-state index in [1.54, 1.807) is 23.1 Å². The van der Waals surface area contributed by atoms with Gasteiger partial charge in [-0.1, -0.05) is 17.7 Å². The molecule has 2 amide bonds. The first-order valence-corrected chi connectivity index (χ1v) is 8.01. The van der Waals surface area contributed by atoms with Crippen LogP contribution in [-0.4, -0.2) is 48.9 Å². The van der Waals surface area contributed by atoms with Gasteiger partial charge in [0.25, 0.3) is 0 Å². The summed E-state index contributed by atoms with van der Waals surface area (Å²) in [7, 11) is 0. The Morgan fingerprint density at radius 3 is 2.52 bits per heavy atom. The fourth-order valence-corrected chi connectivity index (χ4v) is 2.97. The molecule has 120 valence electrons. The van der Waals surface area contributed by atoms with Gasteiger partial charge >= 0.3 is 11.8 Å². The monoisotopic (exact) mass is 332 g/mol. The minimum absolute atomic E-state index is 0.175. The molecule has 3 rings (SSSR count). The summed E-state index contributed by atoms with van der Waals surface area (Å²) in [5, 5.41) is 12.5. The second-order valence-electron chi connectivity index (χ2n) is 5.77. The third kappa shape index (κ3) is 3.40. The molecular formula is C16H17ClN4O2. The molecule has 0 unspecified atom stereocenters. The molecule has 0 spiro atoms. The van der Waals surface area contributed by atoms with Gasteiger partial charge in [0.15, 0.2) is 0 Å². The molecule has 1 N–H and O–H groups in total. The number of amides is 2. The maximum atomic E-state index is 12.1. The van der Waals surface area contributed by atoms with Crippen LogP contribution in [0.1, 0.15) is 18.4 Å². The Morgan fingerprint density at radius 1 is 1.22 bits per heavy atom. The van der Waals surface area contributed by atoms with Crippen LogP contribution in [0.4, 0.5) is 5.69 Å². The third-order valence-corrected chi connectivity index (χ3v) is 4.40. The fourth-order valence-electron chi connectivity index (χ4n) is 2.68. The lowest BCUT2D eigenvalue weighted by Crippen LogP contribution is -2.53. The number of nitrogens with one attached hydrogen (secondary N) is 1. The normalized spacial score (nSPS) is 17.6. The highest BCUT2D eigenvalue weighted by Crippen LogP contribution is 2.30. The van der Waals surface area contributed by atoms with Crippen LogP contribution < -0.4 is 10.2 Å². The van der Waals surface area contributed by atoms with Crippen LogP contribution in [-0.2, 0) is 9.59 Å². The van der Waals surface area contributed by atoms with Crippen molar-refractivity contribution in [3.63, 3.8) is 0 Å². The quantitative estimate of drug-likeness (QED) is 0.824. The Morgan fingerprint density at radius 2 is 1.91 bits per heavy atom. The lowest BCUT2D eigenvalue weighted by molar-refractivity contribution is -0.146. The van der Waals surface area contributed by atoms with Crippen LogP contribution in [0, 0.1) is 11.3 Å². The van der Waals surface area contributed by atoms with E-state index in [0.717, 1.165) is 12.8 Å². The fraction of sp³-hybridized carbons (Fsp3) is 0.438. The highest BCUT2D eigenvalue weighted by molar-refractivity contribution is 6.35. The summed E-state index contributed by atoms with van der Waals surface area (Å²) in [5.74, 6) is -0.993. The zero-order valence-corrected chi connectivity index (χ0v) is 13.3. The summed E-state index contributed by atoms with van der Waals surface area (Å²) in [5.41, 5.74) is 1.22. The molecule has 0 radical (unpaired) electrons. The standard InChI is InChI=1S/C16H17ClN4O2/c17-13-3-1-2-11(10-18)14(13)20-6-8-21(9-7-20)16(23)15(22)19-12-4-5-12/h1-3,12H,4-9H2,(H,19,22). The topological polar surface area (TPSA) is 76.4 Å². The molecule has 1 heterocycles. The van der Waals surface area contributed by atoms with Crippen LogP contribution in [0.3, 0.4) is 0 Å². The Balaban J connectivity index is 1.63. The Bertz CT molecular complexity index is 673. The van der Waals surface area contributed by atoms with E-state index in [9.17, 15) is 14.9 Å². The average molecular weight is 333 g/mol. The zero-order valence-electron chi connectivity index (χ0n) is 12.6. The number of carbonyl (C=O) groups is 2. The molecule has 0 atom stereocenters. The minimum atomic E-state index is -0.517. The van der Waals surface area contributed by atoms with Crippen molar-refractivity contribution in [1.29, 1.82) is 5.26 Å². The van der Waals surface area contributed by atoms with Gasteiger partial charge in [0.1, 0.15) is 6.07 Å². The third-order valence-electron chi connectivity index (χ3n) is 4.10. The molecule has 7 heteroatoms. The molecule has 2 aliphatic rings. The average Bonchev–Trinajstić information content (AvgIpc) is 3.38. The van der Waals surface area contributed by atoms with E-state index in [0.29, 0.717) is 42.5 Å². The number of benzene rings is 1. The number of carbonyl (C=O) groups excluding carboxylic acids is 2. The van der Waals surface area contributed by atoms with Crippen molar-refractivity contribution in [2.24, 2.45) is 0 Å². The molecule has 2 fully saturated rings. The lowest BCUT2D eigenvalue weighted by Gasteiger charge is -2.36. The lowest BCUT2D eigenvalue weighted by atomic mass is 10.1. The summed E-state index contributed by atoms with van der Waals surface area (Å²) < 4.78 is 0. The van der Waals surface area contributed by atoms with Crippen LogP contribution in [0.25, 0.3) is 0 Å². The Labute approximate surface area is 139 Å². The van der Waals surface area contributed by atoms with Crippen LogP contribution >= 0.6 is 11.6 Å². The van der Waals surface area contributed by atoms with E-state index in [1.807, 2.05) is 4.90 Å². The second kappa shape index (κ2) is 6.47. The van der Waals surface area contributed by atoms with Gasteiger partial charge in [-0.05, 0) is 25.0 Å². The van der Waals surface area contributed by atoms with Crippen LogP contribution in [0.15, 0.2) is 18.2 Å². The van der Waals surface area contributed by atoms with Gasteiger partial charge in [-0.2, -0.15) is 5.26 Å². The van der Waals surface area contributed by atoms with Crippen LogP contribution in [0.2, 0.25) is 5.02 Å². The van der Waals surface area contributed by atoms with Crippen molar-refractivity contribution in [2.45, 2.75) is 18.9 Å². The van der Waals surface area contributed by atoms with Crippen molar-refractivity contribution in [1.82, 2.24) is 10.2 Å². The molecule has 1 aliphatic carbocycles. The van der Waals surface area contributed by atoms with Gasteiger partial charge < -0.3 is 15.1 Å². The number of piperazine rings is 1. The first-order valence-electron chi connectivity index (χ1n) is 7.63. The van der Waals surface area contributed by atoms with Gasteiger partial charge in [0.2, 0.25) is 0 Å². The van der Waals surface area contributed by atoms with Crippen molar-refractivity contribution >= 4 is 29.1 Å². The summed E-state index contributed by atoms with van der Waals surface area (Å²) >= 11 is 6.22. The van der Waals surface area contributed by atoms with Gasteiger partial charge in [0, 0.05) is 32.2 Å². The summed E-state index contributed by atoms with van der Waals surface area (Å²) in [6, 6.07) is 7.53. The molecule has 1 aliphatic heterocycles. The number of halogens is 1. The van der Waals surface area contributed by atoms with E-state index in [2.05, 4.69) is 11.4 Å². The number of nitriles is 1. The maximum absolute atomic E-state index is 12.1. The number of hydrogen-bond acceptors (Lipinski definition) is 4. The molecule has 1 saturated heterocycles. The molecule has 6 nitrogen and oxygen atoms in total. The molecular weight excluding hydrogens is 316 g/mol. The largest absolute Gasteiger partial charge is 0.366 e. The van der Waals surface area contributed by atoms with Crippen molar-refractivity contribution in [3.8, 4) is 6.07 Å². The molecule has 0 bridgehead atoms. The second-order valence-corrected chi connectivity index (χ2v) is 6.18. The molecule has 1 aromatic rings. The minimum Gasteiger partial charge on any atom is -0.366 e. The van der Waals surface area contributed by atoms with Gasteiger partial charge in [-0.15, -0.1) is 0 Å². The summed E-state index contributed by atoms with van der Waals surface area (Å²) in [4.78, 5) is 27.5. The number of rotatable bonds is 2. The van der Waals surface area contributed by atoms with E-state index in [4.69, 9.17) is 11.6 Å². The molecule has 1 aromatic carbocycles. The SMILES string of the molecule is N#Cc1cccc(Cl)c1N1CCN(C(=O)C(=O)NC2CC2)CC1. The predicted molar refractivity (Wildman–Crippen MR) is 86.1 cm³/mol. The Hall–Kier alpha value is -2.26. The van der Waals surface area contributed by atoms with E-state index >= 15 is 0 Å². The van der Waals surface area contributed by atoms with E-state index in [-0.39, 0.29) is 6.04 Å². The molecule has 1 saturated carbocycles. The number of nitrogens with zero attached hydrogens (tertiary/aromatic N) is 3. The number of hydrogen-bond donors (Lipinski definition) is 1. The summed E-state index contributed by atoms with van der Waals surface area (Å²) in [6.45, 7) is 1.96. The smallest absolute Gasteiger partial charge is 0.312 e. The highest BCUT2D eigenvalue weighted by atomic mass is 35.5. The van der Waals surface area contributed by atoms with Gasteiger partial charge in [-0.25, -0.2) is 0 Å². The summed E-state index contributed by atoms with van der Waals surface area (Å²) in [6.07, 6.45) is 1.91. The van der Waals surface area contributed by atoms with Crippen molar-refractivity contribution in [2.75, 3.05) is 31.1 Å². The van der Waals surface area contributed by atoms with Crippen molar-refractivity contribution in [3.05, 3.63) is 28.8 Å². The highest BCUT2D eigenvalue weighted by Gasteiger charge is 2.31. The first-order chi connectivity index (χ1) is 11.1. The number of para-hydroxylation sites is 1. The van der Waals surface area contributed by atoms with Crippen LogP contribution in [0.5, 0.6) is 0 Å². The maximum Gasteiger partial charge on any atom is 0.312 e. The number of anilines is 1. The molecule has 0 aromatic heterocycles. The zero-order chi connectivity index (χ0) is 16.4. The van der Waals surface area contributed by atoms with E-state index in [1.165, 1.54) is 0 Å². The van der Waals surface area contributed by atoms with Gasteiger partial charge in [-0.3, -0.25) is 9.59 Å². The molecule has 23 heavy (non-hydrogen) atoms.